The molecule has 7 nitrogen and oxygen atoms in total. The van der Waals surface area contributed by atoms with E-state index in [1.54, 1.807) is 12.1 Å². The average molecular weight is 332 g/mol. The highest BCUT2D eigenvalue weighted by Crippen LogP contribution is 2.46. The van der Waals surface area contributed by atoms with Crippen LogP contribution in [0, 0.1) is 0 Å². The molecule has 0 saturated heterocycles. The molecule has 7 heteroatoms. The monoisotopic (exact) mass is 332 g/mol. The Labute approximate surface area is 137 Å². The molecule has 0 aliphatic carbocycles. The molecule has 4 N–H and O–H groups in total. The Morgan fingerprint density at radius 1 is 1.12 bits per heavy atom. The van der Waals surface area contributed by atoms with Gasteiger partial charge in [-0.2, -0.15) is 0 Å². The molecular weight excluding hydrogens is 316 g/mol. The average Bonchev–Trinajstić information content (AvgIpc) is 2.50. The first kappa shape index (κ1) is 16.1. The zero-order chi connectivity index (χ0) is 17.4. The summed E-state index contributed by atoms with van der Waals surface area (Å²) < 4.78 is 10.6. The second kappa shape index (κ2) is 6.03. The van der Waals surface area contributed by atoms with Crippen LogP contribution in [0.2, 0.25) is 0 Å². The van der Waals surface area contributed by atoms with Crippen molar-refractivity contribution in [2.45, 2.75) is 25.2 Å². The van der Waals surface area contributed by atoms with Crippen LogP contribution in [-0.4, -0.2) is 32.5 Å². The van der Waals surface area contributed by atoms with Crippen molar-refractivity contribution >= 4 is 5.97 Å². The number of fused-ring (bicyclic) bond motifs is 1. The largest absolute Gasteiger partial charge is 0.508 e. The summed E-state index contributed by atoms with van der Waals surface area (Å²) in [6.07, 6.45) is -3.62. The van der Waals surface area contributed by atoms with E-state index in [1.807, 2.05) is 0 Å². The number of hydrogen-bond donors (Lipinski definition) is 4. The van der Waals surface area contributed by atoms with E-state index in [1.165, 1.54) is 25.1 Å². The molecule has 0 aromatic heterocycles. The van der Waals surface area contributed by atoms with Crippen LogP contribution < -0.4 is 9.47 Å². The van der Waals surface area contributed by atoms with Crippen molar-refractivity contribution in [1.82, 2.24) is 0 Å². The first-order chi connectivity index (χ1) is 11.4. The molecule has 0 fully saturated rings. The zero-order valence-corrected chi connectivity index (χ0v) is 12.7. The van der Waals surface area contributed by atoms with Crippen molar-refractivity contribution in [2.24, 2.45) is 0 Å². The number of rotatable bonds is 2. The number of phenolic OH excluding ortho intramolecular Hbond substituents is 2. The molecule has 1 aliphatic heterocycles. The third-order valence-corrected chi connectivity index (χ3v) is 3.76. The van der Waals surface area contributed by atoms with E-state index >= 15 is 0 Å². The van der Waals surface area contributed by atoms with Gasteiger partial charge in [-0.25, -0.2) is 0 Å². The first-order valence-corrected chi connectivity index (χ1v) is 7.24. The minimum atomic E-state index is -1.38. The topological polar surface area (TPSA) is 116 Å². The van der Waals surface area contributed by atoms with Crippen LogP contribution in [0.4, 0.5) is 0 Å². The predicted molar refractivity (Wildman–Crippen MR) is 81.9 cm³/mol. The van der Waals surface area contributed by atoms with Gasteiger partial charge in [0.1, 0.15) is 35.2 Å². The quantitative estimate of drug-likeness (QED) is 0.487. The Bertz CT molecular complexity index is 769. The van der Waals surface area contributed by atoms with Gasteiger partial charge in [0.2, 0.25) is 0 Å². The van der Waals surface area contributed by atoms with Gasteiger partial charge in [-0.3, -0.25) is 4.79 Å². The first-order valence-electron chi connectivity index (χ1n) is 7.24. The van der Waals surface area contributed by atoms with Gasteiger partial charge in [-0.1, -0.05) is 12.1 Å². The lowest BCUT2D eigenvalue weighted by atomic mass is 9.91. The summed E-state index contributed by atoms with van der Waals surface area (Å²) in [5.41, 5.74) is 0.555. The van der Waals surface area contributed by atoms with Gasteiger partial charge in [0.05, 0.1) is 5.56 Å². The van der Waals surface area contributed by atoms with Gasteiger partial charge in [0, 0.05) is 19.1 Å². The zero-order valence-electron chi connectivity index (χ0n) is 12.7. The highest BCUT2D eigenvalue weighted by Gasteiger charge is 2.39. The SMILES string of the molecule is CC(=O)Oc1ccc([C@@H]2Oc3cc(O)cc(O)c3[C@H](O)[C@H]2O)cc1. The van der Waals surface area contributed by atoms with Crippen molar-refractivity contribution in [3.63, 3.8) is 0 Å². The van der Waals surface area contributed by atoms with E-state index in [2.05, 4.69) is 0 Å². The standard InChI is InChI=1S/C17H16O7/c1-8(18)23-11-4-2-9(3-5-11)17-16(22)15(21)14-12(20)6-10(19)7-13(14)24-17/h2-7,15-17,19-22H,1H3/t15-,16+,17-/m0/s1. The molecule has 0 spiro atoms. The van der Waals surface area contributed by atoms with Gasteiger partial charge in [-0.15, -0.1) is 0 Å². The Morgan fingerprint density at radius 3 is 2.42 bits per heavy atom. The summed E-state index contributed by atoms with van der Waals surface area (Å²) in [5, 5.41) is 40.0. The van der Waals surface area contributed by atoms with Crippen LogP contribution in [0.3, 0.4) is 0 Å². The number of carbonyl (C=O) groups is 1. The molecule has 0 amide bonds. The van der Waals surface area contributed by atoms with E-state index in [9.17, 15) is 25.2 Å². The van der Waals surface area contributed by atoms with E-state index in [0.29, 0.717) is 11.3 Å². The molecule has 24 heavy (non-hydrogen) atoms. The molecule has 3 atom stereocenters. The fraction of sp³-hybridized carbons (Fsp3) is 0.235. The molecule has 3 rings (SSSR count). The molecule has 0 radical (unpaired) electrons. The summed E-state index contributed by atoms with van der Waals surface area (Å²) in [4.78, 5) is 10.9. The minimum absolute atomic E-state index is 0.0214. The molecule has 2 aromatic carbocycles. The van der Waals surface area contributed by atoms with Crippen LogP contribution in [-0.2, 0) is 4.79 Å². The maximum atomic E-state index is 10.9. The van der Waals surface area contributed by atoms with Gasteiger partial charge >= 0.3 is 5.97 Å². The fourth-order valence-corrected chi connectivity index (χ4v) is 2.69. The molecule has 0 bridgehead atoms. The van der Waals surface area contributed by atoms with E-state index < -0.39 is 24.3 Å². The van der Waals surface area contributed by atoms with E-state index in [4.69, 9.17) is 9.47 Å². The molecule has 126 valence electrons. The predicted octanol–water partition coefficient (Wildman–Crippen LogP) is 1.55. The maximum Gasteiger partial charge on any atom is 0.308 e. The lowest BCUT2D eigenvalue weighted by molar-refractivity contribution is -0.131. The second-order valence-electron chi connectivity index (χ2n) is 5.51. The summed E-state index contributed by atoms with van der Waals surface area (Å²) in [6.45, 7) is 1.29. The normalized spacial score (nSPS) is 22.4. The van der Waals surface area contributed by atoms with Gasteiger partial charge < -0.3 is 29.9 Å². The second-order valence-corrected chi connectivity index (χ2v) is 5.51. The lowest BCUT2D eigenvalue weighted by Crippen LogP contribution is -2.34. The van der Waals surface area contributed by atoms with E-state index in [0.717, 1.165) is 6.07 Å². The summed E-state index contributed by atoms with van der Waals surface area (Å²) in [7, 11) is 0. The maximum absolute atomic E-state index is 10.9. The van der Waals surface area contributed by atoms with Crippen LogP contribution in [0.5, 0.6) is 23.0 Å². The number of benzene rings is 2. The molecular formula is C17H16O7. The highest BCUT2D eigenvalue weighted by atomic mass is 16.5. The van der Waals surface area contributed by atoms with Crippen LogP contribution >= 0.6 is 0 Å². The third kappa shape index (κ3) is 2.86. The van der Waals surface area contributed by atoms with Crippen molar-refractivity contribution in [3.8, 4) is 23.0 Å². The highest BCUT2D eigenvalue weighted by molar-refractivity contribution is 5.69. The Hall–Kier alpha value is -2.77. The van der Waals surface area contributed by atoms with Crippen molar-refractivity contribution < 1.29 is 34.7 Å². The number of esters is 1. The number of aliphatic hydroxyl groups excluding tert-OH is 2. The van der Waals surface area contributed by atoms with Crippen molar-refractivity contribution in [1.29, 1.82) is 0 Å². The summed E-state index contributed by atoms with van der Waals surface area (Å²) in [6, 6.07) is 8.57. The van der Waals surface area contributed by atoms with Crippen LogP contribution in [0.15, 0.2) is 36.4 Å². The smallest absolute Gasteiger partial charge is 0.308 e. The molecule has 2 aromatic rings. The number of aromatic hydroxyl groups is 2. The molecule has 0 saturated carbocycles. The van der Waals surface area contributed by atoms with Crippen molar-refractivity contribution in [2.75, 3.05) is 0 Å². The number of hydrogen-bond acceptors (Lipinski definition) is 7. The van der Waals surface area contributed by atoms with Crippen LogP contribution in [0.1, 0.15) is 30.3 Å². The molecule has 0 unspecified atom stereocenters. The Balaban J connectivity index is 1.93. The number of carbonyl (C=O) groups excluding carboxylic acids is 1. The summed E-state index contributed by atoms with van der Waals surface area (Å²) >= 11 is 0. The van der Waals surface area contributed by atoms with Crippen molar-refractivity contribution in [3.05, 3.63) is 47.5 Å². The number of aliphatic hydroxyl groups is 2. The minimum Gasteiger partial charge on any atom is -0.508 e. The molecule has 1 aliphatic rings. The number of ether oxygens (including phenoxy) is 2. The van der Waals surface area contributed by atoms with E-state index in [-0.39, 0.29) is 22.8 Å². The Morgan fingerprint density at radius 2 is 1.79 bits per heavy atom. The summed E-state index contributed by atoms with van der Waals surface area (Å²) in [5.74, 6) is -0.613. The lowest BCUT2D eigenvalue weighted by Gasteiger charge is -2.34. The van der Waals surface area contributed by atoms with Gasteiger partial charge in [0.15, 0.2) is 6.10 Å². The Kier molecular flexibility index (Phi) is 4.04. The number of phenols is 2. The van der Waals surface area contributed by atoms with Gasteiger partial charge in [0.25, 0.3) is 0 Å². The third-order valence-electron chi connectivity index (χ3n) is 3.76. The fourth-order valence-electron chi connectivity index (χ4n) is 2.69. The molecule has 1 heterocycles. The van der Waals surface area contributed by atoms with Gasteiger partial charge in [-0.05, 0) is 17.7 Å². The van der Waals surface area contributed by atoms with Crippen LogP contribution in [0.25, 0.3) is 0 Å².